The highest BCUT2D eigenvalue weighted by molar-refractivity contribution is 5.85. The molecule has 0 saturated heterocycles. The molecular weight excluding hydrogens is 292 g/mol. The maximum Gasteiger partial charge on any atom is 0.293 e. The van der Waals surface area contributed by atoms with Gasteiger partial charge in [0.15, 0.2) is 0 Å². The van der Waals surface area contributed by atoms with E-state index < -0.39 is 0 Å². The lowest BCUT2D eigenvalue weighted by atomic mass is 10.1. The molecule has 124 valence electrons. The van der Waals surface area contributed by atoms with Crippen LogP contribution in [0.1, 0.15) is 32.6 Å². The molecule has 2 rings (SSSR count). The van der Waals surface area contributed by atoms with Gasteiger partial charge in [-0.05, 0) is 54.3 Å². The minimum absolute atomic E-state index is 0.450. The van der Waals surface area contributed by atoms with E-state index in [1.165, 1.54) is 0 Å². The summed E-state index contributed by atoms with van der Waals surface area (Å²) in [6.07, 6.45) is 3.87. The minimum Gasteiger partial charge on any atom is -0.494 e. The molecule has 0 unspecified atom stereocenters. The van der Waals surface area contributed by atoms with Gasteiger partial charge in [0.25, 0.3) is 6.47 Å². The monoisotopic (exact) mass is 316 g/mol. The van der Waals surface area contributed by atoms with Crippen molar-refractivity contribution in [1.29, 1.82) is 0 Å². The van der Waals surface area contributed by atoms with Crippen molar-refractivity contribution in [3.8, 4) is 11.5 Å². The van der Waals surface area contributed by atoms with Gasteiger partial charge in [0.1, 0.15) is 11.5 Å². The Morgan fingerprint density at radius 1 is 0.826 bits per heavy atom. The maximum absolute atomic E-state index is 10.0. The first-order valence-electron chi connectivity index (χ1n) is 8.18. The summed E-state index contributed by atoms with van der Waals surface area (Å²) in [5, 5.41) is 2.28. The van der Waals surface area contributed by atoms with Crippen LogP contribution in [-0.2, 0) is 9.53 Å². The Morgan fingerprint density at radius 2 is 1.39 bits per heavy atom. The van der Waals surface area contributed by atoms with E-state index >= 15 is 0 Å². The van der Waals surface area contributed by atoms with Crippen LogP contribution in [-0.4, -0.2) is 26.3 Å². The van der Waals surface area contributed by atoms with E-state index in [9.17, 15) is 4.79 Å². The van der Waals surface area contributed by atoms with Crippen LogP contribution in [0.4, 0.5) is 0 Å². The zero-order chi connectivity index (χ0) is 16.3. The third-order valence-electron chi connectivity index (χ3n) is 3.54. The molecule has 0 atom stereocenters. The van der Waals surface area contributed by atoms with Crippen molar-refractivity contribution in [2.24, 2.45) is 0 Å². The summed E-state index contributed by atoms with van der Waals surface area (Å²) in [5.41, 5.74) is 0. The first kappa shape index (κ1) is 17.1. The number of ether oxygens (including phenoxy) is 3. The first-order valence-corrected chi connectivity index (χ1v) is 8.18. The zero-order valence-corrected chi connectivity index (χ0v) is 13.6. The lowest BCUT2D eigenvalue weighted by Gasteiger charge is -2.09. The van der Waals surface area contributed by atoms with Gasteiger partial charge < -0.3 is 14.2 Å². The molecule has 0 spiro atoms. The van der Waals surface area contributed by atoms with E-state index in [4.69, 9.17) is 9.47 Å². The van der Waals surface area contributed by atoms with Crippen molar-refractivity contribution in [3.63, 3.8) is 0 Å². The van der Waals surface area contributed by atoms with Gasteiger partial charge in [-0.25, -0.2) is 0 Å². The number of unbranched alkanes of at least 4 members (excludes halogenated alkanes) is 2. The molecule has 23 heavy (non-hydrogen) atoms. The Kier molecular flexibility index (Phi) is 7.24. The molecule has 0 N–H and O–H groups in total. The molecular formula is C19H24O4. The molecule has 0 aliphatic carbocycles. The second kappa shape index (κ2) is 9.72. The molecule has 0 aliphatic rings. The number of fused-ring (bicyclic) bond motifs is 1. The van der Waals surface area contributed by atoms with Gasteiger partial charge in [0.05, 0.1) is 19.8 Å². The lowest BCUT2D eigenvalue weighted by Crippen LogP contribution is -2.00. The number of carbonyl (C=O) groups excluding carboxylic acids is 1. The summed E-state index contributed by atoms with van der Waals surface area (Å²) < 4.78 is 16.1. The molecule has 0 aromatic heterocycles. The van der Waals surface area contributed by atoms with Gasteiger partial charge in [-0.15, -0.1) is 0 Å². The van der Waals surface area contributed by atoms with E-state index in [0.29, 0.717) is 19.7 Å². The Labute approximate surface area is 137 Å². The molecule has 2 aromatic rings. The highest BCUT2D eigenvalue weighted by atomic mass is 16.5. The van der Waals surface area contributed by atoms with Crippen molar-refractivity contribution in [3.05, 3.63) is 36.4 Å². The van der Waals surface area contributed by atoms with Crippen LogP contribution >= 0.6 is 0 Å². The summed E-state index contributed by atoms with van der Waals surface area (Å²) in [6.45, 7) is 4.46. The Hall–Kier alpha value is -2.23. The summed E-state index contributed by atoms with van der Waals surface area (Å²) in [7, 11) is 0. The second-order valence-electron chi connectivity index (χ2n) is 5.40. The average Bonchev–Trinajstić information content (AvgIpc) is 2.58. The molecule has 0 heterocycles. The van der Waals surface area contributed by atoms with Crippen molar-refractivity contribution in [2.75, 3.05) is 19.8 Å². The fraction of sp³-hybridized carbons (Fsp3) is 0.421. The van der Waals surface area contributed by atoms with Gasteiger partial charge in [-0.3, -0.25) is 4.79 Å². The molecule has 4 nitrogen and oxygen atoms in total. The van der Waals surface area contributed by atoms with Crippen molar-refractivity contribution >= 4 is 17.2 Å². The third kappa shape index (κ3) is 5.81. The van der Waals surface area contributed by atoms with Crippen LogP contribution < -0.4 is 9.47 Å². The van der Waals surface area contributed by atoms with Gasteiger partial charge in [0.2, 0.25) is 0 Å². The standard InChI is InChI=1S/C19H24O4/c1-2-3-11-22-18-8-6-17-14-19(9-7-16(17)13-18)23-12-5-4-10-21-15-20/h6-9,13-15H,2-5,10-12H2,1H3. The summed E-state index contributed by atoms with van der Waals surface area (Å²) >= 11 is 0. The minimum atomic E-state index is 0.450. The average molecular weight is 316 g/mol. The van der Waals surface area contributed by atoms with E-state index in [2.05, 4.69) is 23.8 Å². The first-order chi connectivity index (χ1) is 11.3. The van der Waals surface area contributed by atoms with Crippen molar-refractivity contribution < 1.29 is 19.0 Å². The predicted octanol–water partition coefficient (Wildman–Crippen LogP) is 4.35. The van der Waals surface area contributed by atoms with Gasteiger partial charge in [-0.2, -0.15) is 0 Å². The van der Waals surface area contributed by atoms with Crippen LogP contribution in [0, 0.1) is 0 Å². The van der Waals surface area contributed by atoms with Crippen LogP contribution in [0.3, 0.4) is 0 Å². The van der Waals surface area contributed by atoms with Gasteiger partial charge >= 0.3 is 0 Å². The zero-order valence-electron chi connectivity index (χ0n) is 13.6. The smallest absolute Gasteiger partial charge is 0.293 e. The maximum atomic E-state index is 10.0. The summed E-state index contributed by atoms with van der Waals surface area (Å²) in [4.78, 5) is 10.0. The van der Waals surface area contributed by atoms with Gasteiger partial charge in [-0.1, -0.05) is 25.5 Å². The van der Waals surface area contributed by atoms with E-state index in [-0.39, 0.29) is 0 Å². The molecule has 0 aliphatic heterocycles. The van der Waals surface area contributed by atoms with E-state index in [1.807, 2.05) is 24.3 Å². The van der Waals surface area contributed by atoms with E-state index in [1.54, 1.807) is 0 Å². The predicted molar refractivity (Wildman–Crippen MR) is 91.1 cm³/mol. The molecule has 0 bridgehead atoms. The fourth-order valence-corrected chi connectivity index (χ4v) is 2.24. The Morgan fingerprint density at radius 3 is 1.96 bits per heavy atom. The third-order valence-corrected chi connectivity index (χ3v) is 3.54. The topological polar surface area (TPSA) is 44.8 Å². The van der Waals surface area contributed by atoms with Crippen LogP contribution in [0.15, 0.2) is 36.4 Å². The number of carbonyl (C=O) groups is 1. The number of rotatable bonds is 11. The van der Waals surface area contributed by atoms with Crippen molar-refractivity contribution in [2.45, 2.75) is 32.6 Å². The molecule has 0 saturated carbocycles. The van der Waals surface area contributed by atoms with Crippen LogP contribution in [0.25, 0.3) is 10.8 Å². The quantitative estimate of drug-likeness (QED) is 0.456. The molecule has 0 radical (unpaired) electrons. The number of benzene rings is 2. The molecule has 0 fully saturated rings. The summed E-state index contributed by atoms with van der Waals surface area (Å²) in [5.74, 6) is 1.77. The Bertz CT molecular complexity index is 609. The molecule has 0 amide bonds. The molecule has 2 aromatic carbocycles. The van der Waals surface area contributed by atoms with Crippen LogP contribution in [0.2, 0.25) is 0 Å². The lowest BCUT2D eigenvalue weighted by molar-refractivity contribution is -0.128. The molecule has 4 heteroatoms. The highest BCUT2D eigenvalue weighted by Gasteiger charge is 2.01. The number of hydrogen-bond donors (Lipinski definition) is 0. The normalized spacial score (nSPS) is 10.5. The fourth-order valence-electron chi connectivity index (χ4n) is 2.24. The van der Waals surface area contributed by atoms with Crippen LogP contribution in [0.5, 0.6) is 11.5 Å². The van der Waals surface area contributed by atoms with E-state index in [0.717, 1.165) is 54.6 Å². The van der Waals surface area contributed by atoms with Gasteiger partial charge in [0, 0.05) is 0 Å². The largest absolute Gasteiger partial charge is 0.494 e. The SMILES string of the molecule is CCCCOc1ccc2cc(OCCCCOC=O)ccc2c1. The summed E-state index contributed by atoms with van der Waals surface area (Å²) in [6, 6.07) is 12.2. The second-order valence-corrected chi connectivity index (χ2v) is 5.40. The Balaban J connectivity index is 1.86. The number of hydrogen-bond acceptors (Lipinski definition) is 4. The van der Waals surface area contributed by atoms with Crippen molar-refractivity contribution in [1.82, 2.24) is 0 Å². The highest BCUT2D eigenvalue weighted by Crippen LogP contribution is 2.25.